The van der Waals surface area contributed by atoms with Gasteiger partial charge in [0.05, 0.1) is 0 Å². The summed E-state index contributed by atoms with van der Waals surface area (Å²) < 4.78 is 14.7. The van der Waals surface area contributed by atoms with Gasteiger partial charge in [-0.2, -0.15) is 0 Å². The minimum absolute atomic E-state index is 0.00849. The van der Waals surface area contributed by atoms with Crippen molar-refractivity contribution in [3.63, 3.8) is 0 Å². The van der Waals surface area contributed by atoms with E-state index >= 15 is 0 Å². The summed E-state index contributed by atoms with van der Waals surface area (Å²) in [5.74, 6) is -0.0382. The van der Waals surface area contributed by atoms with Gasteiger partial charge in [-0.15, -0.1) is 0 Å². The molecule has 0 aromatic heterocycles. The van der Waals surface area contributed by atoms with Crippen LogP contribution in [0.5, 0.6) is 0 Å². The Morgan fingerprint density at radius 2 is 1.48 bits per heavy atom. The maximum atomic E-state index is 14.7. The summed E-state index contributed by atoms with van der Waals surface area (Å²) in [6.45, 7) is 23.3. The van der Waals surface area contributed by atoms with Gasteiger partial charge in [0.2, 0.25) is 5.91 Å². The number of aliphatic imine (C=N–C) groups is 2. The molecule has 0 bridgehead atoms. The Bertz CT molecular complexity index is 1260. The van der Waals surface area contributed by atoms with E-state index in [2.05, 4.69) is 61.7 Å². The van der Waals surface area contributed by atoms with Crippen LogP contribution in [0.4, 0.5) is 4.39 Å². The zero-order chi connectivity index (χ0) is 33.1. The molecule has 1 aliphatic heterocycles. The lowest BCUT2D eigenvalue weighted by Crippen LogP contribution is -2.49. The molecule has 5 nitrogen and oxygen atoms in total. The minimum atomic E-state index is -0.245. The molecule has 0 N–H and O–H groups in total. The maximum absolute atomic E-state index is 14.7. The topological polar surface area (TPSA) is 48.3 Å². The molecule has 0 unspecified atom stereocenters. The third-order valence-electron chi connectivity index (χ3n) is 7.33. The molecule has 1 saturated heterocycles. The van der Waals surface area contributed by atoms with E-state index in [0.717, 1.165) is 54.2 Å². The van der Waals surface area contributed by atoms with Crippen LogP contribution < -0.4 is 0 Å². The van der Waals surface area contributed by atoms with Gasteiger partial charge in [0.15, 0.2) is 0 Å². The Hall–Kier alpha value is -3.54. The average molecular weight is 605 g/mol. The van der Waals surface area contributed by atoms with E-state index in [4.69, 9.17) is 0 Å². The number of carbonyl (C=O) groups excluding carboxylic acids is 1. The van der Waals surface area contributed by atoms with Crippen LogP contribution in [0.25, 0.3) is 5.57 Å². The lowest BCUT2D eigenvalue weighted by molar-refractivity contribution is -0.135. The molecule has 1 amide bonds. The van der Waals surface area contributed by atoms with Crippen LogP contribution in [0.3, 0.4) is 0 Å². The van der Waals surface area contributed by atoms with Crippen molar-refractivity contribution in [1.29, 1.82) is 0 Å². The number of nitrogens with zero attached hydrogens (tertiary/aromatic N) is 4. The van der Waals surface area contributed by atoms with Crippen LogP contribution in [0.15, 0.2) is 87.8 Å². The Morgan fingerprint density at radius 1 is 0.909 bits per heavy atom. The van der Waals surface area contributed by atoms with Crippen molar-refractivity contribution in [3.8, 4) is 0 Å². The summed E-state index contributed by atoms with van der Waals surface area (Å²) in [5, 5.41) is 0. The van der Waals surface area contributed by atoms with E-state index in [1.165, 1.54) is 24.5 Å². The van der Waals surface area contributed by atoms with E-state index in [1.807, 2.05) is 76.2 Å². The molecule has 0 spiro atoms. The monoisotopic (exact) mass is 604 g/mol. The highest BCUT2D eigenvalue weighted by atomic mass is 19.1. The van der Waals surface area contributed by atoms with Gasteiger partial charge in [0.25, 0.3) is 0 Å². The third kappa shape index (κ3) is 13.0. The fourth-order valence-corrected chi connectivity index (χ4v) is 5.02. The second kappa shape index (κ2) is 21.2. The Balaban J connectivity index is 0.000000627. The molecule has 44 heavy (non-hydrogen) atoms. The molecule has 1 aromatic carbocycles. The van der Waals surface area contributed by atoms with Gasteiger partial charge in [-0.1, -0.05) is 83.0 Å². The molecule has 0 aliphatic carbocycles. The Morgan fingerprint density at radius 3 is 2.00 bits per heavy atom. The molecule has 1 fully saturated rings. The van der Waals surface area contributed by atoms with Gasteiger partial charge in [0, 0.05) is 72.8 Å². The highest BCUT2D eigenvalue weighted by Crippen LogP contribution is 2.31. The van der Waals surface area contributed by atoms with Crippen molar-refractivity contribution < 1.29 is 9.18 Å². The second-order valence-electron chi connectivity index (χ2n) is 11.4. The van der Waals surface area contributed by atoms with Crippen LogP contribution >= 0.6 is 0 Å². The molecule has 2 rings (SSSR count). The summed E-state index contributed by atoms with van der Waals surface area (Å²) in [5.41, 5.74) is 6.75. The molecular weight excluding hydrogens is 547 g/mol. The molecule has 1 aliphatic rings. The van der Waals surface area contributed by atoms with Crippen molar-refractivity contribution in [2.24, 2.45) is 15.9 Å². The average Bonchev–Trinajstić information content (AvgIpc) is 3.00. The fourth-order valence-electron chi connectivity index (χ4n) is 5.02. The standard InChI is InChI=1S/C26H36FN3O.C12H21N/c1-7-9-14-28-20(5)25(22(8-2)23-12-10-11-13-24(23)27)21(6)29-15-17-30(18-16-29)26(31)19(3)4;1-5-7-9-13-12(4)10-11(3)8-6-2/h8-14,19H,7,15-18H2,1-6H3;7,9-10H,5-6,8H2,1-4H3/b14-9+,22-8-,25-21-,28-20+;9-7+,11-10+,13-12+. The predicted octanol–water partition coefficient (Wildman–Crippen LogP) is 9.81. The summed E-state index contributed by atoms with van der Waals surface area (Å²) in [4.78, 5) is 25.5. The number of amides is 1. The molecule has 6 heteroatoms. The van der Waals surface area contributed by atoms with Gasteiger partial charge in [-0.25, -0.2) is 4.39 Å². The molecule has 1 aromatic rings. The van der Waals surface area contributed by atoms with Crippen molar-refractivity contribution in [1.82, 2.24) is 9.80 Å². The van der Waals surface area contributed by atoms with Crippen LogP contribution in [0.1, 0.15) is 100 Å². The second-order valence-corrected chi connectivity index (χ2v) is 11.4. The summed E-state index contributed by atoms with van der Waals surface area (Å²) in [7, 11) is 0. The smallest absolute Gasteiger partial charge is 0.225 e. The number of hydrogen-bond donors (Lipinski definition) is 0. The predicted molar refractivity (Wildman–Crippen MR) is 189 cm³/mol. The third-order valence-corrected chi connectivity index (χ3v) is 7.33. The molecular formula is C38H57FN4O. The van der Waals surface area contributed by atoms with Crippen LogP contribution in [-0.4, -0.2) is 53.3 Å². The Labute approximate surface area is 267 Å². The number of allylic oxidation sites excluding steroid dienone is 8. The van der Waals surface area contributed by atoms with Crippen molar-refractivity contribution in [2.45, 2.75) is 94.9 Å². The molecule has 0 atom stereocenters. The molecule has 242 valence electrons. The normalized spacial score (nSPS) is 16.1. The van der Waals surface area contributed by atoms with Crippen molar-refractivity contribution >= 4 is 22.9 Å². The van der Waals surface area contributed by atoms with Gasteiger partial charge < -0.3 is 9.80 Å². The summed E-state index contributed by atoms with van der Waals surface area (Å²) >= 11 is 0. The maximum Gasteiger partial charge on any atom is 0.225 e. The van der Waals surface area contributed by atoms with Gasteiger partial charge in [0.1, 0.15) is 5.82 Å². The van der Waals surface area contributed by atoms with Crippen LogP contribution in [0.2, 0.25) is 0 Å². The SMILES string of the molecule is CC/C=C/N=C(C)/C=C(\C)CCC.C\C=C(C(/C(C)=N/C=C/CC)=C(/C)N1CCN(C(=O)C(C)C)CC1)\c1ccccc1F. The van der Waals surface area contributed by atoms with E-state index in [0.29, 0.717) is 18.7 Å². The minimum Gasteiger partial charge on any atom is -0.371 e. The van der Waals surface area contributed by atoms with Gasteiger partial charge >= 0.3 is 0 Å². The fraction of sp³-hybridized carbons (Fsp3) is 0.500. The zero-order valence-electron chi connectivity index (χ0n) is 29.1. The first kappa shape index (κ1) is 38.5. The summed E-state index contributed by atoms with van der Waals surface area (Å²) in [6.07, 6.45) is 16.2. The molecule has 0 radical (unpaired) electrons. The Kier molecular flexibility index (Phi) is 18.6. The molecule has 1 heterocycles. The quantitative estimate of drug-likeness (QED) is 0.176. The number of piperazine rings is 1. The zero-order valence-corrected chi connectivity index (χ0v) is 29.1. The number of halogens is 1. The first-order valence-corrected chi connectivity index (χ1v) is 16.2. The lowest BCUT2D eigenvalue weighted by atomic mass is 9.92. The lowest BCUT2D eigenvalue weighted by Gasteiger charge is -2.38. The van der Waals surface area contributed by atoms with Crippen LogP contribution in [-0.2, 0) is 4.79 Å². The van der Waals surface area contributed by atoms with Crippen molar-refractivity contribution in [3.05, 3.63) is 89.2 Å². The van der Waals surface area contributed by atoms with Gasteiger partial charge in [-0.05, 0) is 71.6 Å². The van der Waals surface area contributed by atoms with Crippen LogP contribution in [0, 0.1) is 11.7 Å². The van der Waals surface area contributed by atoms with Gasteiger partial charge in [-0.3, -0.25) is 14.8 Å². The largest absolute Gasteiger partial charge is 0.371 e. The highest BCUT2D eigenvalue weighted by Gasteiger charge is 2.25. The van der Waals surface area contributed by atoms with E-state index < -0.39 is 0 Å². The first-order chi connectivity index (χ1) is 21.0. The first-order valence-electron chi connectivity index (χ1n) is 16.2. The summed E-state index contributed by atoms with van der Waals surface area (Å²) in [6, 6.07) is 6.87. The van der Waals surface area contributed by atoms with E-state index in [9.17, 15) is 9.18 Å². The van der Waals surface area contributed by atoms with E-state index in [1.54, 1.807) is 6.07 Å². The number of carbonyl (C=O) groups is 1. The van der Waals surface area contributed by atoms with Crippen molar-refractivity contribution in [2.75, 3.05) is 26.2 Å². The highest BCUT2D eigenvalue weighted by molar-refractivity contribution is 6.12. The number of rotatable bonds is 12. The number of hydrogen-bond acceptors (Lipinski definition) is 4. The molecule has 0 saturated carbocycles. The van der Waals surface area contributed by atoms with E-state index in [-0.39, 0.29) is 17.6 Å². The number of benzene rings is 1.